The molecule has 0 radical (unpaired) electrons. The summed E-state index contributed by atoms with van der Waals surface area (Å²) in [7, 11) is 1.83. The summed E-state index contributed by atoms with van der Waals surface area (Å²) in [5.41, 5.74) is 1.36. The summed E-state index contributed by atoms with van der Waals surface area (Å²) >= 11 is 2.04. The lowest BCUT2D eigenvalue weighted by atomic mass is 9.92. The highest BCUT2D eigenvalue weighted by Gasteiger charge is 2.22. The average Bonchev–Trinajstić information content (AvgIpc) is 2.67. The molecule has 2 aromatic rings. The fraction of sp³-hybridized carbons (Fsp3) is 0.417. The van der Waals surface area contributed by atoms with E-state index in [9.17, 15) is 4.79 Å². The predicted molar refractivity (Wildman–Crippen MR) is 78.5 cm³/mol. The molecule has 5 nitrogen and oxygen atoms in total. The van der Waals surface area contributed by atoms with Crippen molar-refractivity contribution < 1.29 is 0 Å². The Hall–Kier alpha value is -1.18. The normalized spacial score (nSPS) is 11.8. The van der Waals surface area contributed by atoms with Crippen LogP contribution < -0.4 is 5.56 Å². The smallest absolute Gasteiger partial charge is 0.264 e. The number of nitrogens with one attached hydrogen (secondary N) is 1. The summed E-state index contributed by atoms with van der Waals surface area (Å²) in [5.74, 6) is 0.568. The van der Waals surface area contributed by atoms with Crippen LogP contribution in [0.1, 0.15) is 26.5 Å². The molecule has 0 saturated heterocycles. The Morgan fingerprint density at radius 1 is 1.39 bits per heavy atom. The second kappa shape index (κ2) is 4.49. The van der Waals surface area contributed by atoms with Crippen molar-refractivity contribution in [3.63, 3.8) is 0 Å². The van der Waals surface area contributed by atoms with Gasteiger partial charge >= 0.3 is 0 Å². The van der Waals surface area contributed by atoms with E-state index in [1.807, 2.05) is 56.6 Å². The monoisotopic (exact) mass is 358 g/mol. The molecule has 0 aliphatic heterocycles. The fourth-order valence-corrected chi connectivity index (χ4v) is 2.70. The number of aryl methyl sites for hydroxylation is 1. The zero-order valence-corrected chi connectivity index (χ0v) is 12.9. The molecule has 18 heavy (non-hydrogen) atoms. The van der Waals surface area contributed by atoms with Crippen molar-refractivity contribution in [1.82, 2.24) is 19.7 Å². The zero-order chi connectivity index (χ0) is 13.5. The highest BCUT2D eigenvalue weighted by molar-refractivity contribution is 14.1. The number of hydrogen-bond donors (Lipinski definition) is 1. The molecule has 0 bridgehead atoms. The maximum Gasteiger partial charge on any atom is 0.264 e. The van der Waals surface area contributed by atoms with E-state index in [4.69, 9.17) is 0 Å². The van der Waals surface area contributed by atoms with E-state index in [0.717, 1.165) is 11.3 Å². The number of aromatic amines is 1. The maximum absolute atomic E-state index is 12.0. The second-order valence-corrected chi connectivity index (χ2v) is 6.31. The van der Waals surface area contributed by atoms with E-state index in [1.165, 1.54) is 0 Å². The molecule has 2 rings (SSSR count). The summed E-state index contributed by atoms with van der Waals surface area (Å²) in [6, 6.07) is 0. The van der Waals surface area contributed by atoms with Crippen LogP contribution in [0.4, 0.5) is 0 Å². The van der Waals surface area contributed by atoms with Gasteiger partial charge in [0.25, 0.3) is 5.56 Å². The van der Waals surface area contributed by atoms with Gasteiger partial charge in [-0.05, 0) is 22.6 Å². The molecule has 96 valence electrons. The summed E-state index contributed by atoms with van der Waals surface area (Å²) in [5, 5.41) is 4.09. The van der Waals surface area contributed by atoms with Crippen LogP contribution in [0.25, 0.3) is 11.4 Å². The molecule has 0 fully saturated rings. The van der Waals surface area contributed by atoms with Crippen molar-refractivity contribution in [1.29, 1.82) is 0 Å². The lowest BCUT2D eigenvalue weighted by molar-refractivity contribution is 0.562. The van der Waals surface area contributed by atoms with Gasteiger partial charge in [-0.25, -0.2) is 4.98 Å². The van der Waals surface area contributed by atoms with Gasteiger partial charge in [0.05, 0.1) is 17.5 Å². The SMILES string of the molecule is Cn1cc(-c2nc(C(C)(C)C)c(I)c(=O)[nH]2)cn1. The van der Waals surface area contributed by atoms with Crippen LogP contribution in [-0.4, -0.2) is 19.7 Å². The molecule has 0 aliphatic rings. The first-order chi connectivity index (χ1) is 8.29. The van der Waals surface area contributed by atoms with E-state index in [2.05, 4.69) is 15.1 Å². The molecule has 0 spiro atoms. The standard InChI is InChI=1S/C12H15IN4O/c1-12(2,3)9-8(13)11(18)16-10(15-9)7-5-14-17(4)6-7/h5-6H,1-4H3,(H,15,16,18). The molecule has 2 heterocycles. The number of hydrogen-bond acceptors (Lipinski definition) is 3. The highest BCUT2D eigenvalue weighted by atomic mass is 127. The maximum atomic E-state index is 12.0. The quantitative estimate of drug-likeness (QED) is 0.794. The minimum Gasteiger partial charge on any atom is -0.305 e. The number of H-pyrrole nitrogens is 1. The third kappa shape index (κ3) is 2.47. The van der Waals surface area contributed by atoms with Crippen molar-refractivity contribution in [2.45, 2.75) is 26.2 Å². The molecule has 0 amide bonds. The van der Waals surface area contributed by atoms with Crippen molar-refractivity contribution in [2.24, 2.45) is 7.05 Å². The van der Waals surface area contributed by atoms with Crippen LogP contribution in [0.2, 0.25) is 0 Å². The van der Waals surface area contributed by atoms with Crippen LogP contribution in [0.15, 0.2) is 17.2 Å². The molecule has 0 aliphatic carbocycles. The van der Waals surface area contributed by atoms with Gasteiger partial charge in [0.15, 0.2) is 0 Å². The van der Waals surface area contributed by atoms with E-state index in [0.29, 0.717) is 9.39 Å². The lowest BCUT2D eigenvalue weighted by Gasteiger charge is -2.19. The Bertz CT molecular complexity index is 636. The van der Waals surface area contributed by atoms with Gasteiger partial charge in [-0.15, -0.1) is 0 Å². The van der Waals surface area contributed by atoms with Gasteiger partial charge in [0.1, 0.15) is 9.39 Å². The molecular weight excluding hydrogens is 343 g/mol. The first kappa shape index (κ1) is 13.3. The summed E-state index contributed by atoms with van der Waals surface area (Å²) in [6.07, 6.45) is 3.52. The molecular formula is C12H15IN4O. The summed E-state index contributed by atoms with van der Waals surface area (Å²) in [6.45, 7) is 6.14. The third-order valence-electron chi connectivity index (χ3n) is 2.55. The van der Waals surface area contributed by atoms with E-state index in [1.54, 1.807) is 10.9 Å². The van der Waals surface area contributed by atoms with Crippen LogP contribution in [-0.2, 0) is 12.5 Å². The third-order valence-corrected chi connectivity index (χ3v) is 3.55. The first-order valence-electron chi connectivity index (χ1n) is 5.58. The van der Waals surface area contributed by atoms with Gasteiger partial charge < -0.3 is 4.98 Å². The second-order valence-electron chi connectivity index (χ2n) is 5.23. The molecule has 6 heteroatoms. The van der Waals surface area contributed by atoms with Gasteiger partial charge in [-0.2, -0.15) is 5.10 Å². The van der Waals surface area contributed by atoms with Gasteiger partial charge in [-0.1, -0.05) is 20.8 Å². The van der Waals surface area contributed by atoms with E-state index >= 15 is 0 Å². The molecule has 0 aromatic carbocycles. The molecule has 0 atom stereocenters. The van der Waals surface area contributed by atoms with Crippen LogP contribution in [0.5, 0.6) is 0 Å². The Labute approximate surface area is 119 Å². The Morgan fingerprint density at radius 2 is 2.06 bits per heavy atom. The van der Waals surface area contributed by atoms with Crippen molar-refractivity contribution in [3.8, 4) is 11.4 Å². The highest BCUT2D eigenvalue weighted by Crippen LogP contribution is 2.24. The molecule has 2 aromatic heterocycles. The Kier molecular flexibility index (Phi) is 3.31. The molecule has 1 N–H and O–H groups in total. The largest absolute Gasteiger partial charge is 0.305 e. The van der Waals surface area contributed by atoms with E-state index in [-0.39, 0.29) is 11.0 Å². The summed E-state index contributed by atoms with van der Waals surface area (Å²) < 4.78 is 2.33. The Morgan fingerprint density at radius 3 is 2.56 bits per heavy atom. The number of halogens is 1. The van der Waals surface area contributed by atoms with Crippen LogP contribution >= 0.6 is 22.6 Å². The summed E-state index contributed by atoms with van der Waals surface area (Å²) in [4.78, 5) is 19.3. The van der Waals surface area contributed by atoms with Crippen molar-refractivity contribution in [2.75, 3.05) is 0 Å². The number of aromatic nitrogens is 4. The van der Waals surface area contributed by atoms with Gasteiger partial charge in [0.2, 0.25) is 0 Å². The number of rotatable bonds is 1. The van der Waals surface area contributed by atoms with Crippen molar-refractivity contribution in [3.05, 3.63) is 32.0 Å². The fourth-order valence-electron chi connectivity index (χ4n) is 1.64. The average molecular weight is 358 g/mol. The molecule has 0 unspecified atom stereocenters. The van der Waals surface area contributed by atoms with Gasteiger partial charge in [-0.3, -0.25) is 9.48 Å². The minimum absolute atomic E-state index is 0.102. The Balaban J connectivity index is 2.65. The topological polar surface area (TPSA) is 63.6 Å². The zero-order valence-electron chi connectivity index (χ0n) is 10.8. The number of nitrogens with zero attached hydrogens (tertiary/aromatic N) is 3. The lowest BCUT2D eigenvalue weighted by Crippen LogP contribution is -2.24. The van der Waals surface area contributed by atoms with Crippen molar-refractivity contribution >= 4 is 22.6 Å². The minimum atomic E-state index is -0.165. The first-order valence-corrected chi connectivity index (χ1v) is 6.66. The van der Waals surface area contributed by atoms with Gasteiger partial charge in [0, 0.05) is 18.7 Å². The molecule has 0 saturated carbocycles. The van der Waals surface area contributed by atoms with Crippen LogP contribution in [0, 0.1) is 3.57 Å². The van der Waals surface area contributed by atoms with Crippen LogP contribution in [0.3, 0.4) is 0 Å². The van der Waals surface area contributed by atoms with E-state index < -0.39 is 0 Å². The predicted octanol–water partition coefficient (Wildman–Crippen LogP) is 2.07.